The molecule has 0 fully saturated rings. The number of para-hydroxylation sites is 2. The summed E-state index contributed by atoms with van der Waals surface area (Å²) in [6.07, 6.45) is 0. The van der Waals surface area contributed by atoms with Crippen LogP contribution in [0.1, 0.15) is 9.67 Å². The van der Waals surface area contributed by atoms with Crippen molar-refractivity contribution in [3.8, 4) is 5.75 Å². The van der Waals surface area contributed by atoms with Crippen molar-refractivity contribution in [2.24, 2.45) is 0 Å². The summed E-state index contributed by atoms with van der Waals surface area (Å²) in [5.41, 5.74) is 1.37. The molecule has 2 amide bonds. The third-order valence-electron chi connectivity index (χ3n) is 3.61. The Bertz CT molecular complexity index is 909. The third-order valence-corrected chi connectivity index (χ3v) is 5.49. The summed E-state index contributed by atoms with van der Waals surface area (Å²) >= 11 is 2.82. The van der Waals surface area contributed by atoms with Gasteiger partial charge in [0, 0.05) is 10.6 Å². The molecular formula is C20H18N2O3S2. The van der Waals surface area contributed by atoms with E-state index in [9.17, 15) is 9.59 Å². The van der Waals surface area contributed by atoms with Crippen molar-refractivity contribution in [3.63, 3.8) is 0 Å². The highest BCUT2D eigenvalue weighted by atomic mass is 32.2. The first kappa shape index (κ1) is 19.0. The van der Waals surface area contributed by atoms with E-state index < -0.39 is 0 Å². The number of hydrogen-bond donors (Lipinski definition) is 2. The number of rotatable bonds is 7. The van der Waals surface area contributed by atoms with Crippen LogP contribution in [0.4, 0.5) is 11.4 Å². The Morgan fingerprint density at radius 3 is 2.48 bits per heavy atom. The number of nitrogens with one attached hydrogen (secondary N) is 2. The highest BCUT2D eigenvalue weighted by Gasteiger charge is 2.09. The van der Waals surface area contributed by atoms with Gasteiger partial charge in [-0.15, -0.1) is 23.1 Å². The van der Waals surface area contributed by atoms with Gasteiger partial charge in [0.15, 0.2) is 0 Å². The topological polar surface area (TPSA) is 67.4 Å². The maximum Gasteiger partial charge on any atom is 0.265 e. The van der Waals surface area contributed by atoms with Gasteiger partial charge in [0.05, 0.1) is 23.4 Å². The Kier molecular flexibility index (Phi) is 6.51. The monoisotopic (exact) mass is 398 g/mol. The first-order valence-corrected chi connectivity index (χ1v) is 10.0. The number of carbonyl (C=O) groups is 2. The molecule has 7 heteroatoms. The molecule has 0 unspecified atom stereocenters. The van der Waals surface area contributed by atoms with Crippen LogP contribution in [-0.2, 0) is 4.79 Å². The van der Waals surface area contributed by atoms with Crippen LogP contribution in [0.25, 0.3) is 0 Å². The standard InChI is InChI=1S/C20H18N2O3S2/c1-25-17-6-3-2-5-16(17)22-19(23)13-27-15-10-8-14(9-11-15)21-20(24)18-7-4-12-26-18/h2-12H,13H2,1H3,(H,21,24)(H,22,23). The van der Waals surface area contributed by atoms with Crippen LogP contribution in [0.15, 0.2) is 70.9 Å². The van der Waals surface area contributed by atoms with Gasteiger partial charge in [0.25, 0.3) is 5.91 Å². The van der Waals surface area contributed by atoms with Crippen molar-refractivity contribution in [2.45, 2.75) is 4.90 Å². The fourth-order valence-electron chi connectivity index (χ4n) is 2.32. The lowest BCUT2D eigenvalue weighted by molar-refractivity contribution is -0.113. The minimum absolute atomic E-state index is 0.112. The molecule has 0 saturated carbocycles. The molecule has 3 rings (SSSR count). The van der Waals surface area contributed by atoms with E-state index in [4.69, 9.17) is 4.74 Å². The minimum Gasteiger partial charge on any atom is -0.495 e. The molecule has 0 bridgehead atoms. The lowest BCUT2D eigenvalue weighted by atomic mass is 10.3. The summed E-state index contributed by atoms with van der Waals surface area (Å²) in [5.74, 6) is 0.668. The number of hydrogen-bond acceptors (Lipinski definition) is 5. The van der Waals surface area contributed by atoms with Crippen LogP contribution in [-0.4, -0.2) is 24.7 Å². The minimum atomic E-state index is -0.124. The molecule has 138 valence electrons. The molecule has 0 aliphatic carbocycles. The van der Waals surface area contributed by atoms with Crippen LogP contribution in [0.2, 0.25) is 0 Å². The van der Waals surface area contributed by atoms with Crippen LogP contribution in [0, 0.1) is 0 Å². The third kappa shape index (κ3) is 5.35. The van der Waals surface area contributed by atoms with Crippen molar-refractivity contribution in [1.29, 1.82) is 0 Å². The molecule has 0 aliphatic heterocycles. The van der Waals surface area contributed by atoms with Crippen LogP contribution < -0.4 is 15.4 Å². The molecule has 0 aliphatic rings. The Hall–Kier alpha value is -2.77. The molecule has 2 N–H and O–H groups in total. The number of methoxy groups -OCH3 is 1. The predicted molar refractivity (Wildman–Crippen MR) is 111 cm³/mol. The summed E-state index contributed by atoms with van der Waals surface area (Å²) in [5, 5.41) is 7.56. The van der Waals surface area contributed by atoms with E-state index in [1.165, 1.54) is 23.1 Å². The number of thiophene rings is 1. The Labute approximate surface area is 165 Å². The highest BCUT2D eigenvalue weighted by Crippen LogP contribution is 2.25. The Balaban J connectivity index is 1.51. The second kappa shape index (κ2) is 9.25. The molecule has 2 aromatic carbocycles. The zero-order valence-electron chi connectivity index (χ0n) is 14.6. The molecule has 27 heavy (non-hydrogen) atoms. The largest absolute Gasteiger partial charge is 0.495 e. The second-order valence-corrected chi connectivity index (χ2v) is 7.49. The Morgan fingerprint density at radius 1 is 1.00 bits per heavy atom. The summed E-state index contributed by atoms with van der Waals surface area (Å²) in [6.45, 7) is 0. The van der Waals surface area contributed by atoms with E-state index in [-0.39, 0.29) is 17.6 Å². The molecule has 3 aromatic rings. The van der Waals surface area contributed by atoms with Crippen LogP contribution in [0.3, 0.4) is 0 Å². The van der Waals surface area contributed by atoms with Gasteiger partial charge in [-0.1, -0.05) is 18.2 Å². The number of thioether (sulfide) groups is 1. The van der Waals surface area contributed by atoms with E-state index in [0.717, 1.165) is 10.6 Å². The number of anilines is 2. The summed E-state index contributed by atoms with van der Waals surface area (Å²) in [7, 11) is 1.57. The van der Waals surface area contributed by atoms with Gasteiger partial charge in [-0.2, -0.15) is 0 Å². The first-order chi connectivity index (χ1) is 13.2. The van der Waals surface area contributed by atoms with E-state index in [0.29, 0.717) is 16.3 Å². The van der Waals surface area contributed by atoms with Crippen LogP contribution >= 0.6 is 23.1 Å². The fraction of sp³-hybridized carbons (Fsp3) is 0.100. The van der Waals surface area contributed by atoms with Gasteiger partial charge in [0.2, 0.25) is 5.91 Å². The van der Waals surface area contributed by atoms with Gasteiger partial charge in [-0.25, -0.2) is 0 Å². The van der Waals surface area contributed by atoms with Gasteiger partial charge in [-0.05, 0) is 47.8 Å². The number of ether oxygens (including phenoxy) is 1. The van der Waals surface area contributed by atoms with Crippen molar-refractivity contribution in [1.82, 2.24) is 0 Å². The molecule has 0 atom stereocenters. The average Bonchev–Trinajstić information content (AvgIpc) is 3.23. The van der Waals surface area contributed by atoms with Gasteiger partial charge >= 0.3 is 0 Å². The number of benzene rings is 2. The summed E-state index contributed by atoms with van der Waals surface area (Å²) < 4.78 is 5.23. The molecule has 0 spiro atoms. The SMILES string of the molecule is COc1ccccc1NC(=O)CSc1ccc(NC(=O)c2cccs2)cc1. The van der Waals surface area contributed by atoms with E-state index in [2.05, 4.69) is 10.6 Å². The molecule has 1 heterocycles. The molecule has 1 aromatic heterocycles. The van der Waals surface area contributed by atoms with Gasteiger partial charge < -0.3 is 15.4 Å². The smallest absolute Gasteiger partial charge is 0.265 e. The maximum absolute atomic E-state index is 12.2. The predicted octanol–water partition coefficient (Wildman–Crippen LogP) is 4.74. The fourth-order valence-corrected chi connectivity index (χ4v) is 3.64. The van der Waals surface area contributed by atoms with Crippen molar-refractivity contribution in [2.75, 3.05) is 23.5 Å². The zero-order valence-corrected chi connectivity index (χ0v) is 16.2. The van der Waals surface area contributed by atoms with E-state index >= 15 is 0 Å². The van der Waals surface area contributed by atoms with Gasteiger partial charge in [-0.3, -0.25) is 9.59 Å². The molecular weight excluding hydrogens is 380 g/mol. The lowest BCUT2D eigenvalue weighted by Crippen LogP contribution is -2.14. The average molecular weight is 399 g/mol. The van der Waals surface area contributed by atoms with Crippen molar-refractivity contribution in [3.05, 3.63) is 70.9 Å². The zero-order chi connectivity index (χ0) is 19.1. The van der Waals surface area contributed by atoms with Gasteiger partial charge in [0.1, 0.15) is 5.75 Å². The van der Waals surface area contributed by atoms with E-state index in [1.54, 1.807) is 25.3 Å². The quantitative estimate of drug-likeness (QED) is 0.564. The molecule has 0 saturated heterocycles. The molecule has 0 radical (unpaired) electrons. The van der Waals surface area contributed by atoms with Crippen LogP contribution in [0.5, 0.6) is 5.75 Å². The summed E-state index contributed by atoms with van der Waals surface area (Å²) in [6, 6.07) is 18.3. The molecule has 5 nitrogen and oxygen atoms in total. The Morgan fingerprint density at radius 2 is 1.78 bits per heavy atom. The maximum atomic E-state index is 12.2. The summed E-state index contributed by atoms with van der Waals surface area (Å²) in [4.78, 5) is 25.8. The second-order valence-electron chi connectivity index (χ2n) is 5.49. The first-order valence-electron chi connectivity index (χ1n) is 8.16. The normalized spacial score (nSPS) is 10.3. The van der Waals surface area contributed by atoms with E-state index in [1.807, 2.05) is 47.8 Å². The number of carbonyl (C=O) groups excluding carboxylic acids is 2. The van der Waals surface area contributed by atoms with Crippen molar-refractivity contribution < 1.29 is 14.3 Å². The lowest BCUT2D eigenvalue weighted by Gasteiger charge is -2.10. The number of amides is 2. The van der Waals surface area contributed by atoms with Crippen molar-refractivity contribution >= 4 is 46.3 Å². The highest BCUT2D eigenvalue weighted by molar-refractivity contribution is 8.00.